The first-order valence-electron chi connectivity index (χ1n) is 6.33. The van der Waals surface area contributed by atoms with Crippen molar-refractivity contribution in [3.8, 4) is 0 Å². The maximum atomic E-state index is 12.3. The summed E-state index contributed by atoms with van der Waals surface area (Å²) in [5, 5.41) is 0.315. The van der Waals surface area contributed by atoms with Gasteiger partial charge in [-0.3, -0.25) is 0 Å². The van der Waals surface area contributed by atoms with Gasteiger partial charge in [-0.1, -0.05) is 12.1 Å². The van der Waals surface area contributed by atoms with Crippen LogP contribution in [-0.4, -0.2) is 39.0 Å². The number of thioether (sulfide) groups is 1. The minimum atomic E-state index is -3.70. The lowest BCUT2D eigenvalue weighted by atomic mass is 10.2. The molecule has 0 bridgehead atoms. The van der Waals surface area contributed by atoms with Crippen LogP contribution < -0.4 is 4.72 Å². The summed E-state index contributed by atoms with van der Waals surface area (Å²) in [5.74, 6) is 0.423. The largest absolute Gasteiger partial charge is 0.465 e. The highest BCUT2D eigenvalue weighted by Crippen LogP contribution is 2.26. The van der Waals surface area contributed by atoms with E-state index in [-0.39, 0.29) is 10.5 Å². The molecule has 2 rings (SSSR count). The summed E-state index contributed by atoms with van der Waals surface area (Å²) in [6.45, 7) is 0.391. The van der Waals surface area contributed by atoms with Crippen molar-refractivity contribution in [3.05, 3.63) is 29.8 Å². The van der Waals surface area contributed by atoms with E-state index in [2.05, 4.69) is 9.46 Å². The molecule has 20 heavy (non-hydrogen) atoms. The summed E-state index contributed by atoms with van der Waals surface area (Å²) in [4.78, 5) is 11.6. The van der Waals surface area contributed by atoms with Crippen molar-refractivity contribution in [2.45, 2.75) is 23.0 Å². The first-order chi connectivity index (χ1) is 9.54. The Balaban J connectivity index is 2.18. The maximum Gasteiger partial charge on any atom is 0.339 e. The van der Waals surface area contributed by atoms with E-state index in [0.717, 1.165) is 18.6 Å². The van der Waals surface area contributed by atoms with Crippen LogP contribution in [-0.2, 0) is 14.8 Å². The van der Waals surface area contributed by atoms with Crippen LogP contribution in [0.3, 0.4) is 0 Å². The number of hydrogen-bond donors (Lipinski definition) is 1. The number of methoxy groups -OCH3 is 1. The number of carbonyl (C=O) groups excluding carboxylic acids is 1. The Morgan fingerprint density at radius 1 is 1.45 bits per heavy atom. The van der Waals surface area contributed by atoms with E-state index in [1.54, 1.807) is 23.9 Å². The van der Waals surface area contributed by atoms with Gasteiger partial charge >= 0.3 is 5.97 Å². The highest BCUT2D eigenvalue weighted by Gasteiger charge is 2.24. The van der Waals surface area contributed by atoms with Crippen LogP contribution in [0, 0.1) is 0 Å². The first-order valence-corrected chi connectivity index (χ1v) is 8.86. The molecule has 1 N–H and O–H groups in total. The number of ether oxygens (including phenoxy) is 1. The zero-order valence-corrected chi connectivity index (χ0v) is 12.8. The fraction of sp³-hybridized carbons (Fsp3) is 0.462. The van der Waals surface area contributed by atoms with Crippen molar-refractivity contribution < 1.29 is 17.9 Å². The van der Waals surface area contributed by atoms with Gasteiger partial charge in [0, 0.05) is 11.8 Å². The molecule has 1 aliphatic rings. The zero-order chi connectivity index (χ0) is 14.6. The highest BCUT2D eigenvalue weighted by molar-refractivity contribution is 8.00. The molecule has 1 fully saturated rings. The number of sulfonamides is 1. The molecule has 1 atom stereocenters. The maximum absolute atomic E-state index is 12.3. The number of benzene rings is 1. The summed E-state index contributed by atoms with van der Waals surface area (Å²) in [7, 11) is -2.47. The average molecular weight is 315 g/mol. The molecule has 0 aromatic heterocycles. The van der Waals surface area contributed by atoms with Gasteiger partial charge in [-0.25, -0.2) is 17.9 Å². The van der Waals surface area contributed by atoms with Crippen LogP contribution in [0.25, 0.3) is 0 Å². The summed E-state index contributed by atoms with van der Waals surface area (Å²) in [5.41, 5.74) is 0.0570. The Morgan fingerprint density at radius 2 is 2.20 bits per heavy atom. The van der Waals surface area contributed by atoms with Gasteiger partial charge in [-0.05, 0) is 30.7 Å². The van der Waals surface area contributed by atoms with Gasteiger partial charge in [0.05, 0.1) is 17.6 Å². The molecule has 0 amide bonds. The summed E-state index contributed by atoms with van der Waals surface area (Å²) in [6.07, 6.45) is 2.14. The fourth-order valence-corrected chi connectivity index (χ4v) is 4.65. The standard InChI is InChI=1S/C13H17NO4S2/c1-18-13(15)11-6-2-3-7-12(11)20(16,17)14-9-10-5-4-8-19-10/h2-3,6-7,10,14H,4-5,8-9H2,1H3. The van der Waals surface area contributed by atoms with Crippen LogP contribution in [0.2, 0.25) is 0 Å². The molecule has 1 unspecified atom stereocenters. The minimum Gasteiger partial charge on any atom is -0.465 e. The van der Waals surface area contributed by atoms with Gasteiger partial charge in [-0.15, -0.1) is 0 Å². The van der Waals surface area contributed by atoms with Crippen molar-refractivity contribution >= 4 is 27.8 Å². The van der Waals surface area contributed by atoms with Crippen molar-refractivity contribution in [1.82, 2.24) is 4.72 Å². The topological polar surface area (TPSA) is 72.5 Å². The molecule has 0 aliphatic carbocycles. The summed E-state index contributed by atoms with van der Waals surface area (Å²) in [6, 6.07) is 6.06. The fourth-order valence-electron chi connectivity index (χ4n) is 2.07. The van der Waals surface area contributed by atoms with E-state index >= 15 is 0 Å². The van der Waals surface area contributed by atoms with E-state index in [1.807, 2.05) is 0 Å². The van der Waals surface area contributed by atoms with Crippen molar-refractivity contribution in [1.29, 1.82) is 0 Å². The summed E-state index contributed by atoms with van der Waals surface area (Å²) >= 11 is 1.77. The molecular weight excluding hydrogens is 298 g/mol. The second kappa shape index (κ2) is 6.60. The van der Waals surface area contributed by atoms with Gasteiger partial charge < -0.3 is 4.74 Å². The third-order valence-corrected chi connectivity index (χ3v) is 5.99. The highest BCUT2D eigenvalue weighted by atomic mass is 32.2. The lowest BCUT2D eigenvalue weighted by molar-refractivity contribution is 0.0596. The smallest absolute Gasteiger partial charge is 0.339 e. The van der Waals surface area contributed by atoms with Crippen LogP contribution in [0.1, 0.15) is 23.2 Å². The zero-order valence-electron chi connectivity index (χ0n) is 11.2. The van der Waals surface area contributed by atoms with Crippen molar-refractivity contribution in [2.24, 2.45) is 0 Å². The number of carbonyl (C=O) groups is 1. The van der Waals surface area contributed by atoms with Gasteiger partial charge in [-0.2, -0.15) is 11.8 Å². The normalized spacial score (nSPS) is 18.9. The van der Waals surface area contributed by atoms with E-state index in [1.165, 1.54) is 19.2 Å². The Kier molecular flexibility index (Phi) is 5.06. The number of hydrogen-bond acceptors (Lipinski definition) is 5. The number of nitrogens with one attached hydrogen (secondary N) is 1. The van der Waals surface area contributed by atoms with Crippen LogP contribution >= 0.6 is 11.8 Å². The molecule has 0 radical (unpaired) electrons. The molecule has 110 valence electrons. The number of rotatable bonds is 5. The molecule has 0 saturated carbocycles. The van der Waals surface area contributed by atoms with Crippen LogP contribution in [0.5, 0.6) is 0 Å². The lowest BCUT2D eigenvalue weighted by Crippen LogP contribution is -2.31. The first kappa shape index (κ1) is 15.3. The Labute approximate surface area is 123 Å². The van der Waals surface area contributed by atoms with Gasteiger partial charge in [0.15, 0.2) is 0 Å². The summed E-state index contributed by atoms with van der Waals surface area (Å²) < 4.78 is 31.8. The Hall–Kier alpha value is -1.05. The van der Waals surface area contributed by atoms with Gasteiger partial charge in [0.25, 0.3) is 0 Å². The molecule has 1 saturated heterocycles. The lowest BCUT2D eigenvalue weighted by Gasteiger charge is -2.12. The van der Waals surface area contributed by atoms with E-state index in [9.17, 15) is 13.2 Å². The molecule has 1 aromatic rings. The van der Waals surface area contributed by atoms with E-state index < -0.39 is 16.0 Å². The molecule has 0 spiro atoms. The molecule has 7 heteroatoms. The van der Waals surface area contributed by atoms with Gasteiger partial charge in [0.1, 0.15) is 0 Å². The monoisotopic (exact) mass is 315 g/mol. The predicted molar refractivity (Wildman–Crippen MR) is 78.5 cm³/mol. The molecule has 5 nitrogen and oxygen atoms in total. The molecule has 1 heterocycles. The molecular formula is C13H17NO4S2. The second-order valence-electron chi connectivity index (χ2n) is 4.47. The third-order valence-electron chi connectivity index (χ3n) is 3.11. The quantitative estimate of drug-likeness (QED) is 0.836. The number of esters is 1. The van der Waals surface area contributed by atoms with Crippen molar-refractivity contribution in [3.63, 3.8) is 0 Å². The van der Waals surface area contributed by atoms with E-state index in [0.29, 0.717) is 11.8 Å². The molecule has 1 aliphatic heterocycles. The Morgan fingerprint density at radius 3 is 2.85 bits per heavy atom. The SMILES string of the molecule is COC(=O)c1ccccc1S(=O)(=O)NCC1CCCS1. The van der Waals surface area contributed by atoms with E-state index in [4.69, 9.17) is 0 Å². The second-order valence-corrected chi connectivity index (χ2v) is 7.62. The van der Waals surface area contributed by atoms with Gasteiger partial charge in [0.2, 0.25) is 10.0 Å². The third kappa shape index (κ3) is 3.53. The Bertz CT molecular complexity index is 580. The predicted octanol–water partition coefficient (Wildman–Crippen LogP) is 1.65. The molecule has 1 aromatic carbocycles. The van der Waals surface area contributed by atoms with Crippen LogP contribution in [0.15, 0.2) is 29.2 Å². The van der Waals surface area contributed by atoms with Crippen LogP contribution in [0.4, 0.5) is 0 Å². The minimum absolute atomic E-state index is 0.0325. The average Bonchev–Trinajstić information content (AvgIpc) is 2.98. The van der Waals surface area contributed by atoms with Crippen molar-refractivity contribution in [2.75, 3.05) is 19.4 Å².